The summed E-state index contributed by atoms with van der Waals surface area (Å²) in [6, 6.07) is 1.27. The fourth-order valence-corrected chi connectivity index (χ4v) is 3.82. The highest BCUT2D eigenvalue weighted by Gasteiger charge is 2.29. The number of alkyl carbamates (subject to hydrolysis) is 1. The van der Waals surface area contributed by atoms with Crippen LogP contribution in [-0.2, 0) is 4.74 Å². The molecule has 0 saturated heterocycles. The van der Waals surface area contributed by atoms with Crippen molar-refractivity contribution in [3.63, 3.8) is 0 Å². The van der Waals surface area contributed by atoms with Crippen LogP contribution in [0.1, 0.15) is 72.1 Å². The summed E-state index contributed by atoms with van der Waals surface area (Å²) in [5.41, 5.74) is 5.56. The third kappa shape index (κ3) is 6.68. The van der Waals surface area contributed by atoms with Crippen LogP contribution in [0, 0.1) is 5.92 Å². The number of carbonyl (C=O) groups excluding carboxylic acids is 1. The summed E-state index contributed by atoms with van der Waals surface area (Å²) in [4.78, 5) is 11.9. The van der Waals surface area contributed by atoms with E-state index in [0.29, 0.717) is 30.6 Å². The monoisotopic (exact) mass is 325 g/mol. The fourth-order valence-electron chi connectivity index (χ4n) is 3.82. The molecule has 0 aliphatic heterocycles. The Morgan fingerprint density at radius 1 is 1.13 bits per heavy atom. The van der Waals surface area contributed by atoms with Gasteiger partial charge >= 0.3 is 6.09 Å². The molecule has 1 atom stereocenters. The first-order chi connectivity index (χ1) is 10.8. The maximum absolute atomic E-state index is 11.9. The molecule has 2 rings (SSSR count). The van der Waals surface area contributed by atoms with Crippen molar-refractivity contribution in [3.05, 3.63) is 0 Å². The van der Waals surface area contributed by atoms with Gasteiger partial charge in [-0.2, -0.15) is 0 Å². The average molecular weight is 325 g/mol. The molecular formula is C18H35N3O2. The van der Waals surface area contributed by atoms with Crippen LogP contribution in [0.15, 0.2) is 0 Å². The molecule has 5 heteroatoms. The van der Waals surface area contributed by atoms with E-state index in [1.807, 2.05) is 20.8 Å². The van der Waals surface area contributed by atoms with Gasteiger partial charge in [-0.05, 0) is 65.2 Å². The van der Waals surface area contributed by atoms with E-state index in [4.69, 9.17) is 10.5 Å². The molecule has 134 valence electrons. The average Bonchev–Trinajstić information content (AvgIpc) is 2.97. The molecule has 0 aromatic rings. The standard InChI is InChI=1S/C18H35N3O2/c1-18(2,3)23-17(22)20-12-16(13-6-4-5-7-13)21-15-10-8-14(19)9-11-15/h13-16,21H,4-12,19H2,1-3H3,(H,20,22). The van der Waals surface area contributed by atoms with Gasteiger partial charge in [0, 0.05) is 24.7 Å². The van der Waals surface area contributed by atoms with E-state index in [2.05, 4.69) is 10.6 Å². The molecule has 2 saturated carbocycles. The van der Waals surface area contributed by atoms with Gasteiger partial charge in [-0.25, -0.2) is 4.79 Å². The van der Waals surface area contributed by atoms with Crippen molar-refractivity contribution in [1.29, 1.82) is 0 Å². The Hall–Kier alpha value is -0.810. The van der Waals surface area contributed by atoms with Crippen LogP contribution in [-0.4, -0.2) is 36.4 Å². The molecule has 5 nitrogen and oxygen atoms in total. The molecule has 2 aliphatic carbocycles. The number of rotatable bonds is 5. The van der Waals surface area contributed by atoms with Gasteiger partial charge in [-0.3, -0.25) is 0 Å². The third-order valence-electron chi connectivity index (χ3n) is 5.06. The Labute approximate surface area is 141 Å². The van der Waals surface area contributed by atoms with Gasteiger partial charge in [0.05, 0.1) is 0 Å². The van der Waals surface area contributed by atoms with E-state index < -0.39 is 5.60 Å². The lowest BCUT2D eigenvalue weighted by Gasteiger charge is -2.33. The Bertz CT molecular complexity index is 367. The number of amides is 1. The molecule has 4 N–H and O–H groups in total. The number of carbonyl (C=O) groups is 1. The largest absolute Gasteiger partial charge is 0.444 e. The normalized spacial score (nSPS) is 27.7. The lowest BCUT2D eigenvalue weighted by atomic mass is 9.89. The van der Waals surface area contributed by atoms with Crippen LogP contribution in [0.25, 0.3) is 0 Å². The molecule has 2 aliphatic rings. The van der Waals surface area contributed by atoms with Crippen LogP contribution < -0.4 is 16.4 Å². The molecule has 0 aromatic heterocycles. The Morgan fingerprint density at radius 3 is 2.30 bits per heavy atom. The van der Waals surface area contributed by atoms with Crippen LogP contribution in [0.2, 0.25) is 0 Å². The smallest absolute Gasteiger partial charge is 0.407 e. The predicted octanol–water partition coefficient (Wildman–Crippen LogP) is 2.93. The predicted molar refractivity (Wildman–Crippen MR) is 93.3 cm³/mol. The first-order valence-corrected chi connectivity index (χ1v) is 9.32. The summed E-state index contributed by atoms with van der Waals surface area (Å²) in [6.07, 6.45) is 9.35. The van der Waals surface area contributed by atoms with Gasteiger partial charge in [0.25, 0.3) is 0 Å². The zero-order chi connectivity index (χ0) is 16.9. The zero-order valence-electron chi connectivity index (χ0n) is 15.1. The topological polar surface area (TPSA) is 76.4 Å². The molecule has 0 spiro atoms. The summed E-state index contributed by atoms with van der Waals surface area (Å²) in [5, 5.41) is 6.78. The highest BCUT2D eigenvalue weighted by atomic mass is 16.6. The van der Waals surface area contributed by atoms with Gasteiger partial charge < -0.3 is 21.1 Å². The second kappa shape index (κ2) is 8.34. The van der Waals surface area contributed by atoms with Gasteiger partial charge in [-0.1, -0.05) is 12.8 Å². The molecule has 0 bridgehead atoms. The van der Waals surface area contributed by atoms with Crippen LogP contribution >= 0.6 is 0 Å². The second-order valence-electron chi connectivity index (χ2n) is 8.31. The minimum absolute atomic E-state index is 0.312. The zero-order valence-corrected chi connectivity index (χ0v) is 15.1. The van der Waals surface area contributed by atoms with E-state index in [-0.39, 0.29) is 6.09 Å². The minimum atomic E-state index is -0.445. The van der Waals surface area contributed by atoms with Crippen LogP contribution in [0.5, 0.6) is 0 Å². The second-order valence-corrected chi connectivity index (χ2v) is 8.31. The summed E-state index contributed by atoms with van der Waals surface area (Å²) < 4.78 is 5.36. The van der Waals surface area contributed by atoms with Gasteiger partial charge in [0.2, 0.25) is 0 Å². The van der Waals surface area contributed by atoms with Crippen molar-refractivity contribution in [2.75, 3.05) is 6.54 Å². The first-order valence-electron chi connectivity index (χ1n) is 9.32. The van der Waals surface area contributed by atoms with Gasteiger partial charge in [-0.15, -0.1) is 0 Å². The summed E-state index contributed by atoms with van der Waals surface area (Å²) in [5.74, 6) is 0.667. The van der Waals surface area contributed by atoms with Crippen molar-refractivity contribution in [2.45, 2.75) is 95.9 Å². The van der Waals surface area contributed by atoms with Crippen LogP contribution in [0.4, 0.5) is 4.79 Å². The summed E-state index contributed by atoms with van der Waals surface area (Å²) >= 11 is 0. The minimum Gasteiger partial charge on any atom is -0.444 e. The van der Waals surface area contributed by atoms with E-state index in [0.717, 1.165) is 25.7 Å². The van der Waals surface area contributed by atoms with Crippen molar-refractivity contribution >= 4 is 6.09 Å². The van der Waals surface area contributed by atoms with Crippen molar-refractivity contribution in [1.82, 2.24) is 10.6 Å². The maximum Gasteiger partial charge on any atom is 0.407 e. The van der Waals surface area contributed by atoms with Crippen LogP contribution in [0.3, 0.4) is 0 Å². The molecule has 0 aromatic carbocycles. The molecule has 0 heterocycles. The SMILES string of the molecule is CC(C)(C)OC(=O)NCC(NC1CCC(N)CC1)C1CCCC1. The maximum atomic E-state index is 11.9. The summed E-state index contributed by atoms with van der Waals surface area (Å²) in [7, 11) is 0. The molecule has 2 fully saturated rings. The number of nitrogens with one attached hydrogen (secondary N) is 2. The quantitative estimate of drug-likeness (QED) is 0.726. The van der Waals surface area contributed by atoms with Crippen molar-refractivity contribution < 1.29 is 9.53 Å². The molecule has 1 amide bonds. The van der Waals surface area contributed by atoms with Crippen molar-refractivity contribution in [3.8, 4) is 0 Å². The Morgan fingerprint density at radius 2 is 1.74 bits per heavy atom. The number of hydrogen-bond donors (Lipinski definition) is 3. The molecular weight excluding hydrogens is 290 g/mol. The molecule has 0 radical (unpaired) electrons. The molecule has 1 unspecified atom stereocenters. The van der Waals surface area contributed by atoms with E-state index >= 15 is 0 Å². The van der Waals surface area contributed by atoms with Crippen molar-refractivity contribution in [2.24, 2.45) is 11.7 Å². The van der Waals surface area contributed by atoms with E-state index in [1.165, 1.54) is 25.7 Å². The number of ether oxygens (including phenoxy) is 1. The summed E-state index contributed by atoms with van der Waals surface area (Å²) in [6.45, 7) is 6.34. The highest BCUT2D eigenvalue weighted by molar-refractivity contribution is 5.67. The lowest BCUT2D eigenvalue weighted by molar-refractivity contribution is 0.0516. The number of hydrogen-bond acceptors (Lipinski definition) is 4. The molecule has 23 heavy (non-hydrogen) atoms. The number of nitrogens with two attached hydrogens (primary N) is 1. The highest BCUT2D eigenvalue weighted by Crippen LogP contribution is 2.29. The first kappa shape index (κ1) is 18.5. The Balaban J connectivity index is 1.83. The van der Waals surface area contributed by atoms with Gasteiger partial charge in [0.15, 0.2) is 0 Å². The van der Waals surface area contributed by atoms with Gasteiger partial charge in [0.1, 0.15) is 5.60 Å². The third-order valence-corrected chi connectivity index (χ3v) is 5.06. The van der Waals surface area contributed by atoms with E-state index in [9.17, 15) is 4.79 Å². The fraction of sp³-hybridized carbons (Fsp3) is 0.944. The lowest BCUT2D eigenvalue weighted by Crippen LogP contribution is -2.51. The Kier molecular flexibility index (Phi) is 6.72. The van der Waals surface area contributed by atoms with E-state index in [1.54, 1.807) is 0 Å².